The highest BCUT2D eigenvalue weighted by Crippen LogP contribution is 2.18. The van der Waals surface area contributed by atoms with Crippen molar-refractivity contribution in [3.05, 3.63) is 34.2 Å². The van der Waals surface area contributed by atoms with Crippen LogP contribution in [-0.2, 0) is 9.59 Å². The lowest BCUT2D eigenvalue weighted by Gasteiger charge is -2.11. The quantitative estimate of drug-likeness (QED) is 0.689. The molecule has 0 saturated heterocycles. The Bertz CT molecular complexity index is 761. The second-order valence-electron chi connectivity index (χ2n) is 6.18. The van der Waals surface area contributed by atoms with Crippen LogP contribution in [0.25, 0.3) is 0 Å². The summed E-state index contributed by atoms with van der Waals surface area (Å²) in [5.74, 6) is 0.303. The normalized spacial score (nSPS) is 10.9. The monoisotopic (exact) mass is 361 g/mol. The number of hydrogen-bond donors (Lipinski definition) is 1. The predicted octanol–water partition coefficient (Wildman–Crippen LogP) is 3.78. The molecule has 7 heteroatoms. The fourth-order valence-corrected chi connectivity index (χ4v) is 3.20. The van der Waals surface area contributed by atoms with Crippen molar-refractivity contribution in [3.63, 3.8) is 0 Å². The lowest BCUT2D eigenvalue weighted by atomic mass is 10.1. The van der Waals surface area contributed by atoms with Crippen LogP contribution in [0.4, 0.5) is 5.82 Å². The Kier molecular flexibility index (Phi) is 6.64. The van der Waals surface area contributed by atoms with Crippen LogP contribution in [0.5, 0.6) is 0 Å². The van der Waals surface area contributed by atoms with Crippen LogP contribution >= 0.6 is 11.3 Å². The molecule has 1 N–H and O–H groups in total. The Morgan fingerprint density at radius 1 is 1.12 bits per heavy atom. The van der Waals surface area contributed by atoms with Gasteiger partial charge in [-0.2, -0.15) is 5.10 Å². The van der Waals surface area contributed by atoms with Gasteiger partial charge in [0.1, 0.15) is 11.6 Å². The molecule has 0 spiro atoms. The fourth-order valence-electron chi connectivity index (χ4n) is 2.37. The van der Waals surface area contributed by atoms with Gasteiger partial charge in [-0.3, -0.25) is 14.4 Å². The van der Waals surface area contributed by atoms with Gasteiger partial charge in [0.15, 0.2) is 5.78 Å². The maximum atomic E-state index is 12.0. The number of rotatable bonds is 9. The summed E-state index contributed by atoms with van der Waals surface area (Å²) in [5.41, 5.74) is 0. The van der Waals surface area contributed by atoms with Gasteiger partial charge < -0.3 is 5.32 Å². The van der Waals surface area contributed by atoms with Crippen molar-refractivity contribution in [1.82, 2.24) is 9.78 Å². The Balaban J connectivity index is 1.73. The number of Topliss-reactive ketones (excluding diaryl/α,β-unsaturated/α-hetero) is 2. The van der Waals surface area contributed by atoms with Gasteiger partial charge in [-0.25, -0.2) is 4.68 Å². The molecular formula is C18H23N3O3S. The van der Waals surface area contributed by atoms with Crippen molar-refractivity contribution in [1.29, 1.82) is 0 Å². The number of aryl methyl sites for hydroxylation is 1. The fraction of sp³-hybridized carbons (Fsp3) is 0.444. The first kappa shape index (κ1) is 19.1. The number of amides is 1. The Morgan fingerprint density at radius 2 is 1.84 bits per heavy atom. The van der Waals surface area contributed by atoms with E-state index in [1.165, 1.54) is 11.3 Å². The smallest absolute Gasteiger partial charge is 0.225 e. The van der Waals surface area contributed by atoms with E-state index in [0.29, 0.717) is 10.7 Å². The summed E-state index contributed by atoms with van der Waals surface area (Å²) in [5, 5.41) is 6.91. The summed E-state index contributed by atoms with van der Waals surface area (Å²) >= 11 is 1.44. The summed E-state index contributed by atoms with van der Waals surface area (Å²) in [6, 6.07) is 5.55. The Hall–Kier alpha value is -2.28. The number of thiophene rings is 1. The Morgan fingerprint density at radius 3 is 2.48 bits per heavy atom. The third kappa shape index (κ3) is 5.63. The zero-order valence-corrected chi connectivity index (χ0v) is 15.6. The largest absolute Gasteiger partial charge is 0.311 e. The third-order valence-electron chi connectivity index (χ3n) is 3.70. The first-order valence-electron chi connectivity index (χ1n) is 8.31. The lowest BCUT2D eigenvalue weighted by molar-refractivity contribution is -0.122. The number of carbonyl (C=O) groups excluding carboxylic acids is 3. The van der Waals surface area contributed by atoms with Crippen LogP contribution in [0.2, 0.25) is 0 Å². The average molecular weight is 361 g/mol. The standard InChI is InChI=1S/C18H23N3O3S/c1-12(2)21-17(10-11-19-21)20-18(24)9-6-14(22)5-7-15(23)16-8-4-13(3)25-16/h4,8,10-12H,5-7,9H2,1-3H3,(H,20,24). The van der Waals surface area contributed by atoms with E-state index in [2.05, 4.69) is 10.4 Å². The third-order valence-corrected chi connectivity index (χ3v) is 4.75. The molecule has 2 rings (SSSR count). The van der Waals surface area contributed by atoms with E-state index in [1.54, 1.807) is 23.0 Å². The average Bonchev–Trinajstić information content (AvgIpc) is 3.19. The summed E-state index contributed by atoms with van der Waals surface area (Å²) < 4.78 is 1.71. The molecule has 2 aromatic rings. The molecule has 2 aromatic heterocycles. The van der Waals surface area contributed by atoms with Gasteiger partial charge in [-0.05, 0) is 32.9 Å². The predicted molar refractivity (Wildman–Crippen MR) is 98.1 cm³/mol. The van der Waals surface area contributed by atoms with E-state index in [4.69, 9.17) is 0 Å². The van der Waals surface area contributed by atoms with Crippen molar-refractivity contribution in [3.8, 4) is 0 Å². The molecule has 0 aliphatic heterocycles. The molecule has 1 amide bonds. The van der Waals surface area contributed by atoms with E-state index in [9.17, 15) is 14.4 Å². The molecule has 0 aromatic carbocycles. The van der Waals surface area contributed by atoms with Gasteiger partial charge in [0.2, 0.25) is 5.91 Å². The molecule has 0 saturated carbocycles. The Labute approximate surface area is 151 Å². The molecule has 25 heavy (non-hydrogen) atoms. The minimum Gasteiger partial charge on any atom is -0.311 e. The molecule has 0 atom stereocenters. The number of carbonyl (C=O) groups is 3. The topological polar surface area (TPSA) is 81.1 Å². The first-order valence-corrected chi connectivity index (χ1v) is 9.13. The van der Waals surface area contributed by atoms with Crippen LogP contribution in [0, 0.1) is 6.92 Å². The molecule has 0 unspecified atom stereocenters. The van der Waals surface area contributed by atoms with E-state index in [0.717, 1.165) is 4.88 Å². The van der Waals surface area contributed by atoms with Crippen molar-refractivity contribution < 1.29 is 14.4 Å². The maximum Gasteiger partial charge on any atom is 0.225 e. The number of anilines is 1. The summed E-state index contributed by atoms with van der Waals surface area (Å²) in [7, 11) is 0. The zero-order chi connectivity index (χ0) is 18.4. The number of nitrogens with one attached hydrogen (secondary N) is 1. The maximum absolute atomic E-state index is 12.0. The highest BCUT2D eigenvalue weighted by molar-refractivity contribution is 7.14. The van der Waals surface area contributed by atoms with Crippen molar-refractivity contribution in [2.75, 3.05) is 5.32 Å². The van der Waals surface area contributed by atoms with Gasteiger partial charge in [0.05, 0.1) is 11.1 Å². The second kappa shape index (κ2) is 8.71. The lowest BCUT2D eigenvalue weighted by Crippen LogP contribution is -2.17. The first-order chi connectivity index (χ1) is 11.9. The highest BCUT2D eigenvalue weighted by Gasteiger charge is 2.14. The molecule has 134 valence electrons. The van der Waals surface area contributed by atoms with Crippen LogP contribution in [0.1, 0.15) is 60.1 Å². The minimum absolute atomic E-state index is 0.0169. The second-order valence-corrected chi connectivity index (χ2v) is 7.46. The van der Waals surface area contributed by atoms with Gasteiger partial charge in [0.25, 0.3) is 0 Å². The minimum atomic E-state index is -0.226. The highest BCUT2D eigenvalue weighted by atomic mass is 32.1. The molecule has 0 bridgehead atoms. The number of aromatic nitrogens is 2. The van der Waals surface area contributed by atoms with Crippen molar-refractivity contribution in [2.45, 2.75) is 52.5 Å². The van der Waals surface area contributed by atoms with Gasteiger partial charge in [0, 0.05) is 42.7 Å². The van der Waals surface area contributed by atoms with Crippen LogP contribution < -0.4 is 5.32 Å². The van der Waals surface area contributed by atoms with Crippen molar-refractivity contribution >= 4 is 34.6 Å². The molecule has 0 aliphatic rings. The van der Waals surface area contributed by atoms with Gasteiger partial charge >= 0.3 is 0 Å². The van der Waals surface area contributed by atoms with Crippen LogP contribution in [-0.4, -0.2) is 27.3 Å². The van der Waals surface area contributed by atoms with E-state index in [-0.39, 0.29) is 49.2 Å². The number of ketones is 2. The molecular weight excluding hydrogens is 338 g/mol. The van der Waals surface area contributed by atoms with E-state index in [1.807, 2.05) is 26.8 Å². The van der Waals surface area contributed by atoms with Crippen LogP contribution in [0.3, 0.4) is 0 Å². The summed E-state index contributed by atoms with van der Waals surface area (Å²) in [6.45, 7) is 5.88. The summed E-state index contributed by atoms with van der Waals surface area (Å²) in [6.07, 6.45) is 2.24. The van der Waals surface area contributed by atoms with E-state index < -0.39 is 0 Å². The SMILES string of the molecule is Cc1ccc(C(=O)CCC(=O)CCC(=O)Nc2ccnn2C(C)C)s1. The van der Waals surface area contributed by atoms with Gasteiger partial charge in [-0.1, -0.05) is 0 Å². The molecule has 2 heterocycles. The molecule has 0 aliphatic carbocycles. The molecule has 0 fully saturated rings. The van der Waals surface area contributed by atoms with Crippen molar-refractivity contribution in [2.24, 2.45) is 0 Å². The van der Waals surface area contributed by atoms with Gasteiger partial charge in [-0.15, -0.1) is 11.3 Å². The molecule has 0 radical (unpaired) electrons. The van der Waals surface area contributed by atoms with Crippen LogP contribution in [0.15, 0.2) is 24.4 Å². The summed E-state index contributed by atoms with van der Waals surface area (Å²) in [4.78, 5) is 37.6. The zero-order valence-electron chi connectivity index (χ0n) is 14.7. The molecule has 6 nitrogen and oxygen atoms in total. The number of nitrogens with zero attached hydrogens (tertiary/aromatic N) is 2. The number of hydrogen-bond acceptors (Lipinski definition) is 5. The van der Waals surface area contributed by atoms with E-state index >= 15 is 0 Å².